The largest absolute Gasteiger partial charge is 0.353 e. The first kappa shape index (κ1) is 12.5. The lowest BCUT2D eigenvalue weighted by atomic mass is 9.97. The van der Waals surface area contributed by atoms with Gasteiger partial charge in [0.1, 0.15) is 5.60 Å². The van der Waals surface area contributed by atoms with Gasteiger partial charge in [0.2, 0.25) is 0 Å². The minimum Gasteiger partial charge on any atom is -0.353 e. The zero-order valence-electron chi connectivity index (χ0n) is 10.1. The first-order valence-electron chi connectivity index (χ1n) is 5.99. The first-order chi connectivity index (χ1) is 7.26. The predicted molar refractivity (Wildman–Crippen MR) is 61.4 cm³/mol. The van der Waals surface area contributed by atoms with Crippen molar-refractivity contribution in [1.29, 1.82) is 0 Å². The minimum absolute atomic E-state index is 0.0421. The fourth-order valence-electron chi connectivity index (χ4n) is 1.91. The number of ether oxygens (including phenoxy) is 2. The first-order valence-corrected chi connectivity index (χ1v) is 5.99. The Morgan fingerprint density at radius 2 is 2.07 bits per heavy atom. The SMILES string of the molecule is CC#CC(CC)(CC)OC1CCCCO1. The molecule has 1 saturated heterocycles. The summed E-state index contributed by atoms with van der Waals surface area (Å²) in [6.45, 7) is 6.94. The molecule has 0 bridgehead atoms. The van der Waals surface area contributed by atoms with Crippen molar-refractivity contribution in [3.63, 3.8) is 0 Å². The fraction of sp³-hybridized carbons (Fsp3) is 0.846. The van der Waals surface area contributed by atoms with Crippen LogP contribution in [0.4, 0.5) is 0 Å². The molecule has 0 aromatic heterocycles. The van der Waals surface area contributed by atoms with E-state index in [9.17, 15) is 0 Å². The Labute approximate surface area is 93.3 Å². The van der Waals surface area contributed by atoms with Gasteiger partial charge in [0.05, 0.1) is 0 Å². The molecule has 0 amide bonds. The Bertz CT molecular complexity index is 227. The van der Waals surface area contributed by atoms with Crippen molar-refractivity contribution in [3.8, 4) is 11.8 Å². The molecule has 1 heterocycles. The average Bonchev–Trinajstić information content (AvgIpc) is 2.30. The number of hydrogen-bond donors (Lipinski definition) is 0. The second-order valence-electron chi connectivity index (χ2n) is 3.99. The Morgan fingerprint density at radius 1 is 1.33 bits per heavy atom. The molecule has 0 aromatic carbocycles. The highest BCUT2D eigenvalue weighted by Crippen LogP contribution is 2.25. The molecule has 0 saturated carbocycles. The van der Waals surface area contributed by atoms with Gasteiger partial charge in [0, 0.05) is 6.61 Å². The monoisotopic (exact) mass is 210 g/mol. The lowest BCUT2D eigenvalue weighted by molar-refractivity contribution is -0.209. The quantitative estimate of drug-likeness (QED) is 0.664. The molecule has 0 radical (unpaired) electrons. The van der Waals surface area contributed by atoms with E-state index in [0.29, 0.717) is 0 Å². The molecule has 0 N–H and O–H groups in total. The van der Waals surface area contributed by atoms with Crippen molar-refractivity contribution in [2.45, 2.75) is 64.8 Å². The van der Waals surface area contributed by atoms with Gasteiger partial charge in [0.25, 0.3) is 0 Å². The summed E-state index contributed by atoms with van der Waals surface area (Å²) >= 11 is 0. The van der Waals surface area contributed by atoms with Gasteiger partial charge >= 0.3 is 0 Å². The summed E-state index contributed by atoms with van der Waals surface area (Å²) < 4.78 is 11.6. The van der Waals surface area contributed by atoms with Crippen molar-refractivity contribution in [3.05, 3.63) is 0 Å². The van der Waals surface area contributed by atoms with Crippen LogP contribution in [0.2, 0.25) is 0 Å². The van der Waals surface area contributed by atoms with Crippen LogP contribution in [0.5, 0.6) is 0 Å². The molecule has 1 rings (SSSR count). The summed E-state index contributed by atoms with van der Waals surface area (Å²) in [6.07, 6.45) is 5.17. The van der Waals surface area contributed by atoms with Crippen molar-refractivity contribution in [2.24, 2.45) is 0 Å². The fourth-order valence-corrected chi connectivity index (χ4v) is 1.91. The predicted octanol–water partition coefficient (Wildman–Crippen LogP) is 3.11. The highest BCUT2D eigenvalue weighted by molar-refractivity contribution is 5.12. The number of rotatable bonds is 4. The summed E-state index contributed by atoms with van der Waals surface area (Å²) in [7, 11) is 0. The van der Waals surface area contributed by atoms with Crippen LogP contribution in [-0.4, -0.2) is 18.5 Å². The maximum atomic E-state index is 6.02. The summed E-state index contributed by atoms with van der Waals surface area (Å²) in [4.78, 5) is 0. The highest BCUT2D eigenvalue weighted by Gasteiger charge is 2.29. The molecule has 2 nitrogen and oxygen atoms in total. The van der Waals surface area contributed by atoms with E-state index in [1.165, 1.54) is 6.42 Å². The summed E-state index contributed by atoms with van der Waals surface area (Å²) in [5.74, 6) is 6.16. The van der Waals surface area contributed by atoms with Gasteiger partial charge in [-0.1, -0.05) is 19.8 Å². The van der Waals surface area contributed by atoms with Gasteiger partial charge in [-0.25, -0.2) is 0 Å². The molecular formula is C13H22O2. The maximum Gasteiger partial charge on any atom is 0.159 e. The van der Waals surface area contributed by atoms with E-state index in [0.717, 1.165) is 32.3 Å². The van der Waals surface area contributed by atoms with Crippen molar-refractivity contribution in [2.75, 3.05) is 6.61 Å². The van der Waals surface area contributed by atoms with Crippen molar-refractivity contribution >= 4 is 0 Å². The second-order valence-corrected chi connectivity index (χ2v) is 3.99. The topological polar surface area (TPSA) is 18.5 Å². The standard InChI is InChI=1S/C13H22O2/c1-4-10-13(5-2,6-3)15-12-9-7-8-11-14-12/h12H,5-9,11H2,1-3H3. The van der Waals surface area contributed by atoms with E-state index in [-0.39, 0.29) is 11.9 Å². The van der Waals surface area contributed by atoms with Crippen LogP contribution in [0, 0.1) is 11.8 Å². The zero-order valence-corrected chi connectivity index (χ0v) is 10.1. The van der Waals surface area contributed by atoms with Crippen LogP contribution < -0.4 is 0 Å². The van der Waals surface area contributed by atoms with Crippen LogP contribution >= 0.6 is 0 Å². The van der Waals surface area contributed by atoms with Crippen LogP contribution in [-0.2, 0) is 9.47 Å². The van der Waals surface area contributed by atoms with Crippen LogP contribution in [0.15, 0.2) is 0 Å². The minimum atomic E-state index is -0.295. The Hall–Kier alpha value is -0.520. The number of hydrogen-bond acceptors (Lipinski definition) is 2. The summed E-state index contributed by atoms with van der Waals surface area (Å²) in [5, 5.41) is 0. The molecule has 15 heavy (non-hydrogen) atoms. The third-order valence-electron chi connectivity index (χ3n) is 2.99. The summed E-state index contributed by atoms with van der Waals surface area (Å²) in [6, 6.07) is 0. The van der Waals surface area contributed by atoms with Gasteiger partial charge in [-0.3, -0.25) is 0 Å². The van der Waals surface area contributed by atoms with E-state index in [1.54, 1.807) is 0 Å². The molecule has 1 fully saturated rings. The molecular weight excluding hydrogens is 188 g/mol. The van der Waals surface area contributed by atoms with E-state index in [2.05, 4.69) is 25.7 Å². The lowest BCUT2D eigenvalue weighted by Crippen LogP contribution is -2.37. The van der Waals surface area contributed by atoms with Gasteiger partial charge in [-0.15, -0.1) is 5.92 Å². The highest BCUT2D eigenvalue weighted by atomic mass is 16.7. The van der Waals surface area contributed by atoms with Crippen LogP contribution in [0.3, 0.4) is 0 Å². The van der Waals surface area contributed by atoms with E-state index in [1.807, 2.05) is 6.92 Å². The van der Waals surface area contributed by atoms with E-state index in [4.69, 9.17) is 9.47 Å². The summed E-state index contributed by atoms with van der Waals surface area (Å²) in [5.41, 5.74) is -0.295. The zero-order chi connectivity index (χ0) is 11.1. The van der Waals surface area contributed by atoms with Crippen molar-refractivity contribution < 1.29 is 9.47 Å². The third-order valence-corrected chi connectivity index (χ3v) is 2.99. The Balaban J connectivity index is 2.58. The van der Waals surface area contributed by atoms with Gasteiger partial charge in [-0.05, 0) is 39.0 Å². The lowest BCUT2D eigenvalue weighted by Gasteiger charge is -2.33. The second kappa shape index (κ2) is 6.15. The molecule has 1 atom stereocenters. The normalized spacial score (nSPS) is 21.9. The van der Waals surface area contributed by atoms with E-state index >= 15 is 0 Å². The molecule has 0 spiro atoms. The molecule has 86 valence electrons. The van der Waals surface area contributed by atoms with Gasteiger partial charge in [-0.2, -0.15) is 0 Å². The molecule has 0 aromatic rings. The smallest absolute Gasteiger partial charge is 0.159 e. The van der Waals surface area contributed by atoms with Gasteiger partial charge < -0.3 is 9.47 Å². The third kappa shape index (κ3) is 3.52. The van der Waals surface area contributed by atoms with Gasteiger partial charge in [0.15, 0.2) is 6.29 Å². The average molecular weight is 210 g/mol. The maximum absolute atomic E-state index is 6.02. The molecule has 2 heteroatoms. The molecule has 1 unspecified atom stereocenters. The Kier molecular flexibility index (Phi) is 5.14. The van der Waals surface area contributed by atoms with Crippen LogP contribution in [0.1, 0.15) is 52.9 Å². The molecule has 0 aliphatic carbocycles. The Morgan fingerprint density at radius 3 is 2.53 bits per heavy atom. The van der Waals surface area contributed by atoms with Crippen molar-refractivity contribution in [1.82, 2.24) is 0 Å². The molecule has 1 aliphatic heterocycles. The molecule has 1 aliphatic rings. The van der Waals surface area contributed by atoms with Crippen LogP contribution in [0.25, 0.3) is 0 Å². The van der Waals surface area contributed by atoms with E-state index < -0.39 is 0 Å².